The maximum Gasteiger partial charge on any atom is 0.0813 e. The van der Waals surface area contributed by atoms with E-state index in [1.54, 1.807) is 18.6 Å². The first-order valence-corrected chi connectivity index (χ1v) is 5.47. The molecule has 0 unspecified atom stereocenters. The molecule has 1 aromatic carbocycles. The third-order valence-corrected chi connectivity index (χ3v) is 2.44. The molecule has 0 atom stereocenters. The van der Waals surface area contributed by atoms with Crippen LogP contribution in [0.5, 0.6) is 0 Å². The van der Waals surface area contributed by atoms with Gasteiger partial charge >= 0.3 is 0 Å². The van der Waals surface area contributed by atoms with Crippen LogP contribution >= 0.6 is 0 Å². The van der Waals surface area contributed by atoms with Gasteiger partial charge in [0, 0.05) is 32.2 Å². The molecule has 17 heavy (non-hydrogen) atoms. The molecule has 1 heterocycles. The first kappa shape index (κ1) is 11.3. The smallest absolute Gasteiger partial charge is 0.0813 e. The maximum absolute atomic E-state index is 4.18. The number of anilines is 1. The summed E-state index contributed by atoms with van der Waals surface area (Å²) in [6.07, 6.45) is 9.09. The Kier molecular flexibility index (Phi) is 3.50. The second-order valence-electron chi connectivity index (χ2n) is 3.95. The fourth-order valence-electron chi connectivity index (χ4n) is 1.46. The molecular weight excluding hydrogens is 210 g/mol. The van der Waals surface area contributed by atoms with Crippen LogP contribution in [0, 0.1) is 0 Å². The van der Waals surface area contributed by atoms with Gasteiger partial charge in [0.05, 0.1) is 11.9 Å². The zero-order chi connectivity index (χ0) is 12.1. The Balaban J connectivity index is 2.12. The number of hydrogen-bond donors (Lipinski definition) is 0. The molecule has 0 saturated heterocycles. The standard InChI is InChI=1S/C14H15N3/c1-17(2)14-7-4-12(5-8-14)3-6-13-11-15-9-10-16-13/h3-11H,1-2H3. The Morgan fingerprint density at radius 2 is 1.76 bits per heavy atom. The molecule has 0 aliphatic heterocycles. The van der Waals surface area contributed by atoms with Crippen molar-refractivity contribution in [3.63, 3.8) is 0 Å². The molecule has 0 aliphatic carbocycles. The van der Waals surface area contributed by atoms with E-state index in [0.29, 0.717) is 0 Å². The van der Waals surface area contributed by atoms with Crippen LogP contribution in [0.2, 0.25) is 0 Å². The van der Waals surface area contributed by atoms with E-state index in [9.17, 15) is 0 Å². The van der Waals surface area contributed by atoms with Crippen molar-refractivity contribution in [1.29, 1.82) is 0 Å². The van der Waals surface area contributed by atoms with Gasteiger partial charge in [0.15, 0.2) is 0 Å². The van der Waals surface area contributed by atoms with Gasteiger partial charge in [-0.1, -0.05) is 18.2 Å². The van der Waals surface area contributed by atoms with Crippen LogP contribution in [0.3, 0.4) is 0 Å². The van der Waals surface area contributed by atoms with Crippen LogP contribution in [0.1, 0.15) is 11.3 Å². The van der Waals surface area contributed by atoms with E-state index in [1.807, 2.05) is 26.2 Å². The fourth-order valence-corrected chi connectivity index (χ4v) is 1.46. The SMILES string of the molecule is CN(C)c1ccc(C=Cc2cnccn2)cc1. The summed E-state index contributed by atoms with van der Waals surface area (Å²) in [5, 5.41) is 0. The summed E-state index contributed by atoms with van der Waals surface area (Å²) < 4.78 is 0. The summed E-state index contributed by atoms with van der Waals surface area (Å²) in [5.74, 6) is 0. The number of aromatic nitrogens is 2. The van der Waals surface area contributed by atoms with E-state index in [0.717, 1.165) is 11.3 Å². The van der Waals surface area contributed by atoms with E-state index in [1.165, 1.54) is 5.69 Å². The molecule has 3 nitrogen and oxygen atoms in total. The molecule has 2 aromatic rings. The minimum absolute atomic E-state index is 0.865. The van der Waals surface area contributed by atoms with Crippen LogP contribution in [0.15, 0.2) is 42.9 Å². The fraction of sp³-hybridized carbons (Fsp3) is 0.143. The Morgan fingerprint density at radius 1 is 1.00 bits per heavy atom. The van der Waals surface area contributed by atoms with E-state index >= 15 is 0 Å². The molecule has 86 valence electrons. The minimum atomic E-state index is 0.865. The van der Waals surface area contributed by atoms with Gasteiger partial charge in [-0.2, -0.15) is 0 Å². The number of hydrogen-bond acceptors (Lipinski definition) is 3. The Bertz CT molecular complexity index is 487. The lowest BCUT2D eigenvalue weighted by Gasteiger charge is -2.11. The van der Waals surface area contributed by atoms with Crippen molar-refractivity contribution in [2.75, 3.05) is 19.0 Å². The van der Waals surface area contributed by atoms with Crippen LogP contribution in [0.25, 0.3) is 12.2 Å². The monoisotopic (exact) mass is 225 g/mol. The molecule has 1 aromatic heterocycles. The molecule has 0 spiro atoms. The Hall–Kier alpha value is -2.16. The predicted octanol–water partition coefficient (Wildman–Crippen LogP) is 2.71. The summed E-state index contributed by atoms with van der Waals surface area (Å²) in [6.45, 7) is 0. The Labute approximate surface area is 101 Å². The zero-order valence-electron chi connectivity index (χ0n) is 10.0. The lowest BCUT2D eigenvalue weighted by atomic mass is 10.2. The third-order valence-electron chi connectivity index (χ3n) is 2.44. The Morgan fingerprint density at radius 3 is 2.35 bits per heavy atom. The van der Waals surface area contributed by atoms with Crippen molar-refractivity contribution < 1.29 is 0 Å². The van der Waals surface area contributed by atoms with Crippen molar-refractivity contribution >= 4 is 17.8 Å². The van der Waals surface area contributed by atoms with E-state index < -0.39 is 0 Å². The molecule has 0 fully saturated rings. The van der Waals surface area contributed by atoms with Gasteiger partial charge in [0.1, 0.15) is 0 Å². The van der Waals surface area contributed by atoms with E-state index in [4.69, 9.17) is 0 Å². The highest BCUT2D eigenvalue weighted by molar-refractivity contribution is 5.68. The highest BCUT2D eigenvalue weighted by Crippen LogP contribution is 2.13. The van der Waals surface area contributed by atoms with Gasteiger partial charge in [0.2, 0.25) is 0 Å². The van der Waals surface area contributed by atoms with Gasteiger partial charge in [-0.3, -0.25) is 9.97 Å². The summed E-state index contributed by atoms with van der Waals surface area (Å²) >= 11 is 0. The van der Waals surface area contributed by atoms with Crippen molar-refractivity contribution in [1.82, 2.24) is 9.97 Å². The second kappa shape index (κ2) is 5.25. The summed E-state index contributed by atoms with van der Waals surface area (Å²) in [6, 6.07) is 8.36. The molecule has 3 heteroatoms. The zero-order valence-corrected chi connectivity index (χ0v) is 10.0. The third kappa shape index (κ3) is 3.14. The van der Waals surface area contributed by atoms with Crippen molar-refractivity contribution in [2.45, 2.75) is 0 Å². The van der Waals surface area contributed by atoms with Crippen LogP contribution in [-0.2, 0) is 0 Å². The van der Waals surface area contributed by atoms with Crippen molar-refractivity contribution in [3.05, 3.63) is 54.1 Å². The average molecular weight is 225 g/mol. The van der Waals surface area contributed by atoms with Gasteiger partial charge in [-0.15, -0.1) is 0 Å². The molecule has 0 bridgehead atoms. The summed E-state index contributed by atoms with van der Waals surface area (Å²) in [4.78, 5) is 10.3. The average Bonchev–Trinajstić information content (AvgIpc) is 2.38. The van der Waals surface area contributed by atoms with Gasteiger partial charge in [0.25, 0.3) is 0 Å². The van der Waals surface area contributed by atoms with Crippen LogP contribution < -0.4 is 4.90 Å². The first-order chi connectivity index (χ1) is 8.25. The van der Waals surface area contributed by atoms with Crippen LogP contribution in [0.4, 0.5) is 5.69 Å². The highest BCUT2D eigenvalue weighted by Gasteiger charge is 1.93. The summed E-state index contributed by atoms with van der Waals surface area (Å²) in [5.41, 5.74) is 3.21. The van der Waals surface area contributed by atoms with Gasteiger partial charge in [-0.25, -0.2) is 0 Å². The minimum Gasteiger partial charge on any atom is -0.378 e. The largest absolute Gasteiger partial charge is 0.378 e. The van der Waals surface area contributed by atoms with E-state index in [2.05, 4.69) is 39.1 Å². The van der Waals surface area contributed by atoms with Crippen molar-refractivity contribution in [3.8, 4) is 0 Å². The molecule has 0 amide bonds. The number of nitrogens with zero attached hydrogens (tertiary/aromatic N) is 3. The van der Waals surface area contributed by atoms with Gasteiger partial charge < -0.3 is 4.90 Å². The molecule has 0 saturated carbocycles. The summed E-state index contributed by atoms with van der Waals surface area (Å²) in [7, 11) is 4.06. The molecule has 2 rings (SSSR count). The predicted molar refractivity (Wildman–Crippen MR) is 71.7 cm³/mol. The van der Waals surface area contributed by atoms with Crippen molar-refractivity contribution in [2.24, 2.45) is 0 Å². The quantitative estimate of drug-likeness (QED) is 0.804. The molecule has 0 N–H and O–H groups in total. The second-order valence-corrected chi connectivity index (χ2v) is 3.95. The van der Waals surface area contributed by atoms with E-state index in [-0.39, 0.29) is 0 Å². The van der Waals surface area contributed by atoms with Crippen LogP contribution in [-0.4, -0.2) is 24.1 Å². The lowest BCUT2D eigenvalue weighted by Crippen LogP contribution is -2.07. The molecule has 0 aliphatic rings. The lowest BCUT2D eigenvalue weighted by molar-refractivity contribution is 1.13. The maximum atomic E-state index is 4.18. The number of benzene rings is 1. The first-order valence-electron chi connectivity index (χ1n) is 5.47. The topological polar surface area (TPSA) is 29.0 Å². The normalized spacial score (nSPS) is 10.7. The molecule has 0 radical (unpaired) electrons. The highest BCUT2D eigenvalue weighted by atomic mass is 15.1. The molecular formula is C14H15N3. The van der Waals surface area contributed by atoms with Gasteiger partial charge in [-0.05, 0) is 23.8 Å². The number of rotatable bonds is 3.